The zero-order chi connectivity index (χ0) is 62.5. The topological polar surface area (TPSA) is 0 Å². The molecule has 0 aliphatic carbocycles. The zero-order valence-corrected chi connectivity index (χ0v) is 68.2. The van der Waals surface area contributed by atoms with Crippen LogP contribution >= 0.6 is 31.7 Å². The van der Waals surface area contributed by atoms with Crippen LogP contribution in [0.15, 0.2) is 146 Å². The summed E-state index contributed by atoms with van der Waals surface area (Å²) in [4.78, 5) is 0. The molecule has 0 fully saturated rings. The number of halogens is 2. The van der Waals surface area contributed by atoms with Crippen molar-refractivity contribution in [3.8, 4) is 0 Å². The smallest absolute Gasteiger partial charge is 1.00 e. The van der Waals surface area contributed by atoms with Crippen molar-refractivity contribution in [2.45, 2.75) is 261 Å². The normalized spacial score (nSPS) is 11.1. The summed E-state index contributed by atoms with van der Waals surface area (Å²) in [6.07, 6.45) is 56.3. The Morgan fingerprint density at radius 3 is 0.511 bits per heavy atom. The van der Waals surface area contributed by atoms with E-state index in [2.05, 4.69) is 201 Å². The van der Waals surface area contributed by atoms with Crippen LogP contribution in [0.25, 0.3) is 43.1 Å². The number of hydrogen-bond acceptors (Lipinski definition) is 0. The van der Waals surface area contributed by atoms with Crippen molar-refractivity contribution in [3.63, 3.8) is 0 Å². The van der Waals surface area contributed by atoms with Gasteiger partial charge in [-0.25, -0.2) is 0 Å². The minimum atomic E-state index is 0. The number of benzene rings is 4. The van der Waals surface area contributed by atoms with Crippen molar-refractivity contribution < 1.29 is 61.8 Å². The van der Waals surface area contributed by atoms with Gasteiger partial charge in [0.05, 0.1) is 0 Å². The third-order valence-electron chi connectivity index (χ3n) is 18.1. The first-order valence-corrected chi connectivity index (χ1v) is 43.9. The van der Waals surface area contributed by atoms with E-state index in [1.165, 1.54) is 298 Å². The Labute approximate surface area is 608 Å². The first-order valence-electron chi connectivity index (χ1n) is 37.0. The van der Waals surface area contributed by atoms with Gasteiger partial charge in [0, 0.05) is 0 Å². The minimum absolute atomic E-state index is 0. The van der Waals surface area contributed by atoms with E-state index in [1.54, 1.807) is 21.2 Å². The summed E-state index contributed by atoms with van der Waals surface area (Å²) in [6.45, 7) is 18.4. The van der Waals surface area contributed by atoms with Gasteiger partial charge in [-0.3, -0.25) is 0 Å². The van der Waals surface area contributed by atoms with Crippen molar-refractivity contribution in [1.29, 1.82) is 0 Å². The van der Waals surface area contributed by atoms with Gasteiger partial charge in [0.1, 0.15) is 0 Å². The first kappa shape index (κ1) is 88.7. The fraction of sp³-hybridized carbons (Fsp3) is 0.571. The third-order valence-corrected chi connectivity index (χ3v) is 28.9. The molecule has 0 atom stereocenters. The maximum atomic E-state index is 2.47. The largest absolute Gasteiger partial charge is 2.00 e. The quantitative estimate of drug-likeness (QED) is 0.0203. The fourth-order valence-electron chi connectivity index (χ4n) is 12.6. The van der Waals surface area contributed by atoms with E-state index >= 15 is 0 Å². The van der Waals surface area contributed by atoms with E-state index < -0.39 is 0 Å². The van der Waals surface area contributed by atoms with Crippen LogP contribution in [0, 0.1) is 0 Å². The molecule has 92 heavy (non-hydrogen) atoms. The number of rotatable bonds is 44. The van der Waals surface area contributed by atoms with Crippen molar-refractivity contribution >= 4 is 96.0 Å². The van der Waals surface area contributed by atoms with E-state index in [9.17, 15) is 0 Å². The fourth-order valence-corrected chi connectivity index (χ4v) is 23.0. The Bertz CT molecular complexity index is 2340. The van der Waals surface area contributed by atoms with Crippen LogP contribution in [0.4, 0.5) is 0 Å². The first-order chi connectivity index (χ1) is 43.4. The molecule has 8 aromatic rings. The van der Waals surface area contributed by atoms with Crippen LogP contribution in [-0.4, -0.2) is 49.3 Å². The predicted molar refractivity (Wildman–Crippen MR) is 416 cm³/mol. The summed E-state index contributed by atoms with van der Waals surface area (Å²) < 4.78 is 0. The van der Waals surface area contributed by atoms with Crippen LogP contribution in [0.3, 0.4) is 0 Å². The molecule has 0 aliphatic heterocycles. The maximum Gasteiger partial charge on any atom is 2.00 e. The second kappa shape index (κ2) is 57.6. The monoisotopic (exact) mass is 1480 g/mol. The van der Waals surface area contributed by atoms with Crippen molar-refractivity contribution in [3.05, 3.63) is 146 Å². The molecule has 0 radical (unpaired) electrons. The minimum Gasteiger partial charge on any atom is -1.00 e. The molecule has 8 heteroatoms. The van der Waals surface area contributed by atoms with Crippen LogP contribution in [-0.2, 0) is 52.4 Å². The van der Waals surface area contributed by atoms with Gasteiger partial charge in [0.25, 0.3) is 0 Å². The molecular formula is C84H128F2P4Zr2-2. The Hall–Kier alpha value is -1.33. The molecular weight excluding hydrogens is 1350 g/mol. The van der Waals surface area contributed by atoms with Crippen LogP contribution in [0.1, 0.15) is 261 Å². The standard InChI is InChI=1S/4C21H32P.2FH.2Zr/c4*1-3-5-7-11-15-22(16-12-8-6-4-2)21-17-19-13-9-10-14-20(19)18-21;;;;/h4*9-10,13-14,17-18H,3-8,11-12,15-16H2,1-2H3;2*1H;;/q4*-1;;;2*+2/p-2. The summed E-state index contributed by atoms with van der Waals surface area (Å²) in [6, 6.07) is 55.2. The molecule has 8 aromatic carbocycles. The summed E-state index contributed by atoms with van der Waals surface area (Å²) in [5.41, 5.74) is 0. The van der Waals surface area contributed by atoms with E-state index in [0.717, 1.165) is 0 Å². The maximum absolute atomic E-state index is 2.47. The molecule has 0 aliphatic rings. The second-order valence-electron chi connectivity index (χ2n) is 25.8. The number of fused-ring (bicyclic) bond motifs is 4. The van der Waals surface area contributed by atoms with Crippen LogP contribution < -0.4 is 30.6 Å². The van der Waals surface area contributed by atoms with Crippen LogP contribution in [0.5, 0.6) is 0 Å². The Morgan fingerprint density at radius 2 is 0.370 bits per heavy atom. The van der Waals surface area contributed by atoms with E-state index in [4.69, 9.17) is 0 Å². The Balaban J connectivity index is 0.000000605. The van der Waals surface area contributed by atoms with E-state index in [-0.39, 0.29) is 93.5 Å². The van der Waals surface area contributed by atoms with Crippen molar-refractivity contribution in [2.75, 3.05) is 49.3 Å². The Kier molecular flexibility index (Phi) is 55.5. The number of unbranched alkanes of at least 4 members (excludes halogenated alkanes) is 24. The Morgan fingerprint density at radius 1 is 0.217 bits per heavy atom. The molecule has 0 bridgehead atoms. The van der Waals surface area contributed by atoms with Gasteiger partial charge in [-0.05, 0) is 101 Å². The van der Waals surface area contributed by atoms with Gasteiger partial charge in [-0.2, -0.15) is 24.3 Å². The van der Waals surface area contributed by atoms with Gasteiger partial charge in [0.15, 0.2) is 0 Å². The molecule has 0 spiro atoms. The summed E-state index contributed by atoms with van der Waals surface area (Å²) in [5.74, 6) is 0. The van der Waals surface area contributed by atoms with Crippen LogP contribution in [0.2, 0.25) is 0 Å². The molecule has 0 amide bonds. The molecule has 0 aromatic heterocycles. The zero-order valence-electron chi connectivity index (χ0n) is 59.7. The molecule has 0 heterocycles. The van der Waals surface area contributed by atoms with Gasteiger partial charge < -0.3 is 9.41 Å². The van der Waals surface area contributed by atoms with Gasteiger partial charge in [0.2, 0.25) is 0 Å². The molecule has 508 valence electrons. The third kappa shape index (κ3) is 35.4. The predicted octanol–water partition coefficient (Wildman–Crippen LogP) is 21.3. The molecule has 8 rings (SSSR count). The van der Waals surface area contributed by atoms with Gasteiger partial charge >= 0.3 is 52.4 Å². The van der Waals surface area contributed by atoms with Gasteiger partial charge in [-0.1, -0.05) is 265 Å². The molecule has 0 unspecified atom stereocenters. The summed E-state index contributed by atoms with van der Waals surface area (Å²) >= 11 is 0. The van der Waals surface area contributed by atoms with Crippen molar-refractivity contribution in [1.82, 2.24) is 0 Å². The molecule has 0 saturated heterocycles. The average molecular weight is 1480 g/mol. The molecule has 0 nitrogen and oxygen atoms in total. The van der Waals surface area contributed by atoms with Gasteiger partial charge in [-0.15, -0.1) is 161 Å². The van der Waals surface area contributed by atoms with E-state index in [1.807, 2.05) is 0 Å². The molecule has 0 N–H and O–H groups in total. The van der Waals surface area contributed by atoms with E-state index in [0.29, 0.717) is 0 Å². The number of hydrogen-bond donors (Lipinski definition) is 0. The summed E-state index contributed by atoms with van der Waals surface area (Å²) in [7, 11) is 0.257. The molecule has 0 saturated carbocycles. The average Bonchev–Trinajstić information content (AvgIpc) is 2.40. The second-order valence-corrected chi connectivity index (χ2v) is 35.8. The summed E-state index contributed by atoms with van der Waals surface area (Å²) in [5, 5.41) is 18.1. The van der Waals surface area contributed by atoms with Crippen molar-refractivity contribution in [2.24, 2.45) is 0 Å². The SMILES string of the molecule is CCCCCCP(CCCCCC)c1cc2ccccc2[cH-]1.CCCCCCP(CCCCCC)c1cc2ccccc2[cH-]1.CCCCCCP(CCCCCC)c1cc2ccccc2[cH-]1.CCCCCCP(CCCCCC)c1cc2ccccc2[cH-]1.[F-].[F-].[Zr+2].[Zr+2].